The molecule has 0 saturated heterocycles. The number of fused-ring (bicyclic) bond motifs is 3. The molecule has 0 aromatic carbocycles. The number of aromatic nitrogens is 2. The van der Waals surface area contributed by atoms with E-state index in [4.69, 9.17) is 16.3 Å². The molecule has 0 bridgehead atoms. The highest BCUT2D eigenvalue weighted by Crippen LogP contribution is 2.39. The molecule has 3 rings (SSSR count). The van der Waals surface area contributed by atoms with Crippen molar-refractivity contribution in [2.45, 2.75) is 45.6 Å². The van der Waals surface area contributed by atoms with Gasteiger partial charge in [-0.1, -0.05) is 11.6 Å². The summed E-state index contributed by atoms with van der Waals surface area (Å²) in [6.07, 6.45) is 4.70. The molecule has 0 atom stereocenters. The Bertz CT molecular complexity index is 641. The SMILES string of the molecule is CC(C)OCCCNc1nc(Cl)c2c3c(sc2n1)CCC3. The summed E-state index contributed by atoms with van der Waals surface area (Å²) in [4.78, 5) is 11.4. The maximum Gasteiger partial charge on any atom is 0.225 e. The van der Waals surface area contributed by atoms with Gasteiger partial charge in [0.05, 0.1) is 11.5 Å². The molecule has 1 aliphatic carbocycles. The lowest BCUT2D eigenvalue weighted by Crippen LogP contribution is -2.10. The highest BCUT2D eigenvalue weighted by molar-refractivity contribution is 7.19. The summed E-state index contributed by atoms with van der Waals surface area (Å²) < 4.78 is 5.51. The number of nitrogens with zero attached hydrogens (tertiary/aromatic N) is 2. The van der Waals surface area contributed by atoms with E-state index in [2.05, 4.69) is 15.3 Å². The summed E-state index contributed by atoms with van der Waals surface area (Å²) in [6.45, 7) is 5.62. The van der Waals surface area contributed by atoms with Crippen LogP contribution >= 0.6 is 22.9 Å². The third kappa shape index (κ3) is 3.30. The topological polar surface area (TPSA) is 47.0 Å². The molecular formula is C15H20ClN3OS. The van der Waals surface area contributed by atoms with E-state index < -0.39 is 0 Å². The zero-order valence-corrected chi connectivity index (χ0v) is 14.0. The van der Waals surface area contributed by atoms with Crippen LogP contribution in [-0.4, -0.2) is 29.2 Å². The third-order valence-corrected chi connectivity index (χ3v) is 5.04. The first kappa shape index (κ1) is 15.0. The quantitative estimate of drug-likeness (QED) is 0.642. The van der Waals surface area contributed by atoms with Crippen molar-refractivity contribution in [2.75, 3.05) is 18.5 Å². The molecule has 0 saturated carbocycles. The molecule has 1 aliphatic rings. The van der Waals surface area contributed by atoms with Crippen molar-refractivity contribution in [1.29, 1.82) is 0 Å². The van der Waals surface area contributed by atoms with E-state index in [1.807, 2.05) is 13.8 Å². The van der Waals surface area contributed by atoms with E-state index >= 15 is 0 Å². The van der Waals surface area contributed by atoms with Crippen LogP contribution in [0.15, 0.2) is 0 Å². The Kier molecular flexibility index (Phi) is 4.62. The van der Waals surface area contributed by atoms with Gasteiger partial charge in [0.25, 0.3) is 0 Å². The molecule has 0 amide bonds. The van der Waals surface area contributed by atoms with Gasteiger partial charge in [-0.3, -0.25) is 0 Å². The van der Waals surface area contributed by atoms with Crippen molar-refractivity contribution in [3.8, 4) is 0 Å². The number of aryl methyl sites for hydroxylation is 2. The summed E-state index contributed by atoms with van der Waals surface area (Å²) in [5, 5.41) is 4.89. The summed E-state index contributed by atoms with van der Waals surface area (Å²) in [6, 6.07) is 0. The van der Waals surface area contributed by atoms with E-state index in [9.17, 15) is 0 Å². The molecule has 4 nitrogen and oxygen atoms in total. The summed E-state index contributed by atoms with van der Waals surface area (Å²) in [7, 11) is 0. The average molecular weight is 326 g/mol. The molecule has 114 valence electrons. The second-order valence-corrected chi connectivity index (χ2v) is 7.02. The fourth-order valence-corrected chi connectivity index (χ4v) is 4.22. The third-order valence-electron chi connectivity index (χ3n) is 3.58. The molecule has 21 heavy (non-hydrogen) atoms. The Balaban J connectivity index is 1.67. The Morgan fingerprint density at radius 3 is 3.00 bits per heavy atom. The highest BCUT2D eigenvalue weighted by atomic mass is 35.5. The second-order valence-electron chi connectivity index (χ2n) is 5.58. The zero-order valence-electron chi connectivity index (χ0n) is 12.4. The van der Waals surface area contributed by atoms with Crippen molar-refractivity contribution in [2.24, 2.45) is 0 Å². The molecule has 2 aromatic heterocycles. The van der Waals surface area contributed by atoms with E-state index in [-0.39, 0.29) is 6.10 Å². The number of anilines is 1. The molecule has 0 unspecified atom stereocenters. The van der Waals surface area contributed by atoms with Gasteiger partial charge in [-0.2, -0.15) is 0 Å². The standard InChI is InChI=1S/C15H20ClN3OS/c1-9(2)20-8-4-7-17-15-18-13(16)12-10-5-3-6-11(10)21-14(12)19-15/h9H,3-8H2,1-2H3,(H,17,18,19). The van der Waals surface area contributed by atoms with E-state index in [0.717, 1.165) is 42.6 Å². The van der Waals surface area contributed by atoms with Crippen LogP contribution in [0.5, 0.6) is 0 Å². The first-order valence-corrected chi connectivity index (χ1v) is 8.68. The van der Waals surface area contributed by atoms with Gasteiger partial charge in [0.2, 0.25) is 5.95 Å². The van der Waals surface area contributed by atoms with Crippen molar-refractivity contribution in [3.05, 3.63) is 15.6 Å². The highest BCUT2D eigenvalue weighted by Gasteiger charge is 2.21. The monoisotopic (exact) mass is 325 g/mol. The number of hydrogen-bond acceptors (Lipinski definition) is 5. The van der Waals surface area contributed by atoms with Crippen LogP contribution in [0, 0.1) is 0 Å². The van der Waals surface area contributed by atoms with E-state index in [1.165, 1.54) is 16.9 Å². The van der Waals surface area contributed by atoms with Crippen LogP contribution in [0.4, 0.5) is 5.95 Å². The van der Waals surface area contributed by atoms with Gasteiger partial charge in [-0.15, -0.1) is 11.3 Å². The van der Waals surface area contributed by atoms with Gasteiger partial charge in [-0.05, 0) is 45.1 Å². The smallest absolute Gasteiger partial charge is 0.225 e. The Labute approximate surface area is 133 Å². The van der Waals surface area contributed by atoms with Crippen LogP contribution in [0.25, 0.3) is 10.2 Å². The first-order chi connectivity index (χ1) is 10.1. The maximum atomic E-state index is 6.36. The Morgan fingerprint density at radius 1 is 1.33 bits per heavy atom. The normalized spacial score (nSPS) is 14.1. The zero-order chi connectivity index (χ0) is 14.8. The molecule has 1 N–H and O–H groups in total. The minimum Gasteiger partial charge on any atom is -0.379 e. The number of rotatable bonds is 6. The van der Waals surface area contributed by atoms with Crippen LogP contribution in [0.2, 0.25) is 5.15 Å². The number of thiophene rings is 1. The average Bonchev–Trinajstić information content (AvgIpc) is 2.97. The Hall–Kier alpha value is -0.910. The van der Waals surface area contributed by atoms with E-state index in [1.54, 1.807) is 11.3 Å². The molecule has 2 heterocycles. The summed E-state index contributed by atoms with van der Waals surface area (Å²) >= 11 is 8.12. The van der Waals surface area contributed by atoms with Crippen molar-refractivity contribution < 1.29 is 4.74 Å². The van der Waals surface area contributed by atoms with Gasteiger partial charge in [-0.25, -0.2) is 9.97 Å². The van der Waals surface area contributed by atoms with Crippen molar-refractivity contribution in [1.82, 2.24) is 9.97 Å². The van der Waals surface area contributed by atoms with Crippen molar-refractivity contribution >= 4 is 39.1 Å². The predicted molar refractivity (Wildman–Crippen MR) is 88.6 cm³/mol. The largest absolute Gasteiger partial charge is 0.379 e. The minimum atomic E-state index is 0.278. The number of hydrogen-bond donors (Lipinski definition) is 1. The fourth-order valence-electron chi connectivity index (χ4n) is 2.62. The maximum absolute atomic E-state index is 6.36. The Morgan fingerprint density at radius 2 is 2.19 bits per heavy atom. The first-order valence-electron chi connectivity index (χ1n) is 7.48. The molecule has 0 fully saturated rings. The second kappa shape index (κ2) is 6.46. The summed E-state index contributed by atoms with van der Waals surface area (Å²) in [5.41, 5.74) is 1.37. The van der Waals surface area contributed by atoms with Crippen LogP contribution in [0.3, 0.4) is 0 Å². The molecule has 0 radical (unpaired) electrons. The minimum absolute atomic E-state index is 0.278. The number of nitrogens with one attached hydrogen (secondary N) is 1. The van der Waals surface area contributed by atoms with Crippen LogP contribution in [0.1, 0.15) is 37.1 Å². The van der Waals surface area contributed by atoms with Gasteiger partial charge in [0.15, 0.2) is 0 Å². The molecule has 0 spiro atoms. The van der Waals surface area contributed by atoms with Crippen LogP contribution < -0.4 is 5.32 Å². The predicted octanol–water partition coefficient (Wildman–Crippen LogP) is 4.06. The van der Waals surface area contributed by atoms with Crippen LogP contribution in [-0.2, 0) is 17.6 Å². The lowest BCUT2D eigenvalue weighted by Gasteiger charge is -2.08. The van der Waals surface area contributed by atoms with Crippen molar-refractivity contribution in [3.63, 3.8) is 0 Å². The van der Waals surface area contributed by atoms with E-state index in [0.29, 0.717) is 11.1 Å². The van der Waals surface area contributed by atoms with Gasteiger partial charge >= 0.3 is 0 Å². The molecule has 6 heteroatoms. The lowest BCUT2D eigenvalue weighted by molar-refractivity contribution is 0.0787. The summed E-state index contributed by atoms with van der Waals surface area (Å²) in [5.74, 6) is 0.622. The molecule has 2 aromatic rings. The number of halogens is 1. The van der Waals surface area contributed by atoms with Gasteiger partial charge in [0.1, 0.15) is 9.98 Å². The molecular weight excluding hydrogens is 306 g/mol. The fraction of sp³-hybridized carbons (Fsp3) is 0.600. The molecule has 0 aliphatic heterocycles. The van der Waals surface area contributed by atoms with Gasteiger partial charge < -0.3 is 10.1 Å². The lowest BCUT2D eigenvalue weighted by atomic mass is 10.2. The number of ether oxygens (including phenoxy) is 1. The van der Waals surface area contributed by atoms with Gasteiger partial charge in [0, 0.05) is 18.0 Å².